The lowest BCUT2D eigenvalue weighted by atomic mass is 10.1. The van der Waals surface area contributed by atoms with Crippen molar-refractivity contribution in [3.05, 3.63) is 83.4 Å². The first-order valence-corrected chi connectivity index (χ1v) is 20.1. The molecule has 8 N–H and O–H groups in total. The number of aromatic hydroxyl groups is 4. The minimum absolute atomic E-state index is 0.0860. The normalized spacial score (nSPS) is 15.2. The number of aromatic nitrogens is 3. The number of hydrogen-bond acceptors (Lipinski definition) is 15. The summed E-state index contributed by atoms with van der Waals surface area (Å²) in [5, 5.41) is 58.1. The van der Waals surface area contributed by atoms with Gasteiger partial charge in [-0.25, -0.2) is 18.7 Å². The number of nitrogens with zero attached hydrogens (tertiary/aromatic N) is 6. The highest BCUT2D eigenvalue weighted by atomic mass is 19.1. The van der Waals surface area contributed by atoms with Crippen LogP contribution in [0.4, 0.5) is 25.4 Å². The van der Waals surface area contributed by atoms with Crippen LogP contribution in [0.2, 0.25) is 0 Å². The fraction of sp³-hybridized carbons (Fsp3) is 0.366. The molecule has 0 unspecified atom stereocenters. The summed E-state index contributed by atoms with van der Waals surface area (Å²) in [7, 11) is 0. The van der Waals surface area contributed by atoms with Crippen LogP contribution in [0.5, 0.6) is 23.0 Å². The number of para-hydroxylation sites is 2. The maximum Gasteiger partial charge on any atom is 0.414 e. The third-order valence-corrected chi connectivity index (χ3v) is 10.3. The van der Waals surface area contributed by atoms with E-state index >= 15 is 4.39 Å². The summed E-state index contributed by atoms with van der Waals surface area (Å²) < 4.78 is 27.2. The number of phenols is 4. The second-order valence-corrected chi connectivity index (χ2v) is 14.8. The van der Waals surface area contributed by atoms with Crippen molar-refractivity contribution in [3.63, 3.8) is 0 Å². The Bertz CT molecular complexity index is 2370. The van der Waals surface area contributed by atoms with Crippen LogP contribution in [0.1, 0.15) is 52.6 Å². The molecule has 3 aromatic carbocycles. The molecule has 2 fully saturated rings. The Morgan fingerprint density at radius 3 is 2.25 bits per heavy atom. The molecule has 340 valence electrons. The molecule has 1 aromatic heterocycles. The fourth-order valence-corrected chi connectivity index (χ4v) is 6.85. The van der Waals surface area contributed by atoms with Gasteiger partial charge < -0.3 is 61.0 Å². The topological polar surface area (TPSA) is 290 Å². The van der Waals surface area contributed by atoms with Gasteiger partial charge in [-0.05, 0) is 61.7 Å². The first-order valence-electron chi connectivity index (χ1n) is 20.1. The Morgan fingerprint density at radius 1 is 0.891 bits per heavy atom. The molecule has 4 aromatic rings. The number of phenolic OH excluding ortho intramolecular Hbond substituents is 4. The second kappa shape index (κ2) is 20.8. The number of ether oxygens (including phenoxy) is 2. The van der Waals surface area contributed by atoms with Crippen LogP contribution in [0.3, 0.4) is 0 Å². The van der Waals surface area contributed by atoms with Gasteiger partial charge in [-0.2, -0.15) is 0 Å². The molecule has 22 nitrogen and oxygen atoms in total. The van der Waals surface area contributed by atoms with Gasteiger partial charge in [0, 0.05) is 39.6 Å². The Kier molecular flexibility index (Phi) is 14.9. The van der Waals surface area contributed by atoms with E-state index in [2.05, 4.69) is 31.6 Å². The summed E-state index contributed by atoms with van der Waals surface area (Å²) in [6.07, 6.45) is 0.334. The SMILES string of the molecule is CC(=O)NC[C@@H]1CN(c2ccc(N3CCN(C(=O)OCn4cc(CNC(=O)[C@H](CCCCNC(=O)c5cccc(O)c5O)NC(=O)c5cccc(O)c5O)nn4)CC3)c(F)c2)C(=O)O1. The van der Waals surface area contributed by atoms with Crippen molar-refractivity contribution >= 4 is 47.2 Å². The maximum absolute atomic E-state index is 15.3. The highest BCUT2D eigenvalue weighted by molar-refractivity contribution is 6.00. The molecule has 2 atom stereocenters. The first-order chi connectivity index (χ1) is 30.7. The highest BCUT2D eigenvalue weighted by Crippen LogP contribution is 2.30. The molecule has 2 saturated heterocycles. The van der Waals surface area contributed by atoms with Gasteiger partial charge in [0.2, 0.25) is 11.8 Å². The average Bonchev–Trinajstić information content (AvgIpc) is 3.90. The molecule has 64 heavy (non-hydrogen) atoms. The largest absolute Gasteiger partial charge is 0.504 e. The summed E-state index contributed by atoms with van der Waals surface area (Å²) in [5.74, 6) is -5.11. The van der Waals surface area contributed by atoms with Crippen LogP contribution in [-0.4, -0.2) is 134 Å². The quantitative estimate of drug-likeness (QED) is 0.0552. The third kappa shape index (κ3) is 11.5. The maximum atomic E-state index is 15.3. The van der Waals surface area contributed by atoms with Gasteiger partial charge in [-0.3, -0.25) is 24.1 Å². The van der Waals surface area contributed by atoms with E-state index in [1.54, 1.807) is 17.0 Å². The number of unbranched alkanes of at least 4 members (excludes halogenated alkanes) is 1. The van der Waals surface area contributed by atoms with Crippen LogP contribution >= 0.6 is 0 Å². The van der Waals surface area contributed by atoms with Gasteiger partial charge in [0.05, 0.1) is 48.3 Å². The van der Waals surface area contributed by atoms with Gasteiger partial charge in [0.1, 0.15) is 23.7 Å². The van der Waals surface area contributed by atoms with Gasteiger partial charge in [-0.15, -0.1) is 5.10 Å². The molecule has 0 bridgehead atoms. The molecule has 6 rings (SSSR count). The zero-order valence-corrected chi connectivity index (χ0v) is 34.5. The Hall–Kier alpha value is -7.85. The molecule has 2 aliphatic rings. The van der Waals surface area contributed by atoms with Crippen molar-refractivity contribution < 1.29 is 63.1 Å². The molecular formula is C41H47FN10O12. The number of benzene rings is 3. The lowest BCUT2D eigenvalue weighted by Crippen LogP contribution is -2.49. The number of halogens is 1. The van der Waals surface area contributed by atoms with E-state index in [0.717, 1.165) is 0 Å². The van der Waals surface area contributed by atoms with E-state index in [1.165, 1.54) is 70.1 Å². The van der Waals surface area contributed by atoms with Crippen molar-refractivity contribution in [2.24, 2.45) is 0 Å². The van der Waals surface area contributed by atoms with Gasteiger partial charge in [0.25, 0.3) is 11.8 Å². The van der Waals surface area contributed by atoms with E-state index in [1.807, 2.05) is 0 Å². The second-order valence-electron chi connectivity index (χ2n) is 14.8. The summed E-state index contributed by atoms with van der Waals surface area (Å²) in [4.78, 5) is 79.9. The monoisotopic (exact) mass is 890 g/mol. The van der Waals surface area contributed by atoms with E-state index < -0.39 is 70.9 Å². The first kappa shape index (κ1) is 45.7. The standard InChI is InChI=1S/C41H47FN10O12/c1-24(53)44-20-27-22-52(41(62)64-27)26-11-12-32(30(42)18-26)49-14-16-50(17-15-49)40(61)63-23-51-21-25(47-48-51)19-45-39(60)31(46-38(59)29-7-5-10-34(55)36(29)57)8-2-3-13-43-37(58)28-6-4-9-33(54)35(28)56/h4-7,9-12,18,21,27,31,54-57H,2-3,8,13-17,19-20,22-23H2,1H3,(H,43,58)(H,44,53)(H,45,60)(H,46,59)/t27-,31+/m1/s1. The van der Waals surface area contributed by atoms with Gasteiger partial charge in [0.15, 0.2) is 29.7 Å². The van der Waals surface area contributed by atoms with Crippen LogP contribution in [0.15, 0.2) is 60.8 Å². The van der Waals surface area contributed by atoms with Crippen LogP contribution in [0.25, 0.3) is 0 Å². The molecule has 6 amide bonds. The van der Waals surface area contributed by atoms with Crippen molar-refractivity contribution in [3.8, 4) is 23.0 Å². The zero-order valence-electron chi connectivity index (χ0n) is 34.5. The molecule has 0 radical (unpaired) electrons. The Balaban J connectivity index is 0.954. The van der Waals surface area contributed by atoms with E-state index in [0.29, 0.717) is 37.3 Å². The highest BCUT2D eigenvalue weighted by Gasteiger charge is 2.33. The molecule has 0 saturated carbocycles. The number of carbonyl (C=O) groups is 6. The van der Waals surface area contributed by atoms with Gasteiger partial charge >= 0.3 is 12.2 Å². The summed E-state index contributed by atoms with van der Waals surface area (Å²) in [5.41, 5.74) is 0.499. The van der Waals surface area contributed by atoms with Crippen LogP contribution in [-0.2, 0) is 32.3 Å². The smallest absolute Gasteiger partial charge is 0.414 e. The van der Waals surface area contributed by atoms with E-state index in [-0.39, 0.29) is 75.1 Å². The van der Waals surface area contributed by atoms with Crippen molar-refractivity contribution in [2.45, 2.75) is 51.6 Å². The number of amides is 6. The van der Waals surface area contributed by atoms with Crippen LogP contribution in [0, 0.1) is 5.82 Å². The minimum atomic E-state index is -1.14. The van der Waals surface area contributed by atoms with Crippen LogP contribution < -0.4 is 31.1 Å². The van der Waals surface area contributed by atoms with E-state index in [4.69, 9.17) is 9.47 Å². The summed E-state index contributed by atoms with van der Waals surface area (Å²) in [6.45, 7) is 2.35. The number of hydrogen-bond donors (Lipinski definition) is 8. The molecule has 0 aliphatic carbocycles. The number of cyclic esters (lactones) is 1. The molecular weight excluding hydrogens is 844 g/mol. The lowest BCUT2D eigenvalue weighted by molar-refractivity contribution is -0.123. The average molecular weight is 891 g/mol. The van der Waals surface area contributed by atoms with Gasteiger partial charge in [-0.1, -0.05) is 17.3 Å². The van der Waals surface area contributed by atoms with Crippen molar-refractivity contribution in [1.82, 2.24) is 41.2 Å². The number of piperazine rings is 1. The molecule has 3 heterocycles. The predicted octanol–water partition coefficient (Wildman–Crippen LogP) is 1.63. The predicted molar refractivity (Wildman–Crippen MR) is 222 cm³/mol. The molecule has 0 spiro atoms. The molecule has 2 aliphatic heterocycles. The lowest BCUT2D eigenvalue weighted by Gasteiger charge is -2.35. The number of anilines is 2. The van der Waals surface area contributed by atoms with Crippen molar-refractivity contribution in [1.29, 1.82) is 0 Å². The summed E-state index contributed by atoms with van der Waals surface area (Å²) >= 11 is 0. The Morgan fingerprint density at radius 2 is 1.58 bits per heavy atom. The molecule has 23 heteroatoms. The summed E-state index contributed by atoms with van der Waals surface area (Å²) in [6, 6.07) is 11.0. The number of carbonyl (C=O) groups excluding carboxylic acids is 6. The fourth-order valence-electron chi connectivity index (χ4n) is 6.85. The minimum Gasteiger partial charge on any atom is -0.504 e. The third-order valence-electron chi connectivity index (χ3n) is 10.3. The number of nitrogens with one attached hydrogen (secondary N) is 4. The van der Waals surface area contributed by atoms with E-state index in [9.17, 15) is 49.2 Å². The zero-order chi connectivity index (χ0) is 45.9. The number of rotatable bonds is 17. The van der Waals surface area contributed by atoms with Crippen molar-refractivity contribution in [2.75, 3.05) is 55.6 Å². The Labute approximate surface area is 364 Å².